The van der Waals surface area contributed by atoms with Gasteiger partial charge in [0, 0.05) is 11.6 Å². The summed E-state index contributed by atoms with van der Waals surface area (Å²) in [6.45, 7) is 0. The number of methoxy groups -OCH3 is 2. The summed E-state index contributed by atoms with van der Waals surface area (Å²) in [6, 6.07) is 11.6. The number of benzene rings is 2. The van der Waals surface area contributed by atoms with Crippen molar-refractivity contribution < 1.29 is 23.9 Å². The molecule has 0 bridgehead atoms. The predicted molar refractivity (Wildman–Crippen MR) is 112 cm³/mol. The topological polar surface area (TPSA) is 84.9 Å². The van der Waals surface area contributed by atoms with Gasteiger partial charge in [-0.3, -0.25) is 19.3 Å². The lowest BCUT2D eigenvalue weighted by Gasteiger charge is -2.19. The Balaban J connectivity index is 1.51. The first-order valence-electron chi connectivity index (χ1n) is 10.0. The first-order valence-corrected chi connectivity index (χ1v) is 10.0. The summed E-state index contributed by atoms with van der Waals surface area (Å²) in [6.07, 6.45) is 3.52. The molecule has 0 unspecified atom stereocenters. The van der Waals surface area contributed by atoms with E-state index in [0.717, 1.165) is 25.7 Å². The highest BCUT2D eigenvalue weighted by Gasteiger charge is 2.48. The van der Waals surface area contributed by atoms with Crippen molar-refractivity contribution in [3.05, 3.63) is 48.0 Å². The number of carbonyl (C=O) groups excluding carboxylic acids is 3. The molecule has 1 heterocycles. The van der Waals surface area contributed by atoms with Gasteiger partial charge >= 0.3 is 0 Å². The van der Waals surface area contributed by atoms with E-state index in [1.54, 1.807) is 49.6 Å². The molecular formula is C23H24N2O5. The van der Waals surface area contributed by atoms with Crippen LogP contribution in [-0.2, 0) is 9.59 Å². The molecule has 7 nitrogen and oxygen atoms in total. The molecule has 2 aliphatic rings. The monoisotopic (exact) mass is 408 g/mol. The molecular weight excluding hydrogens is 384 g/mol. The number of anilines is 2. The molecule has 0 aromatic heterocycles. The Kier molecular flexibility index (Phi) is 5.44. The number of fused-ring (bicyclic) bond motifs is 1. The number of nitrogens with one attached hydrogen (secondary N) is 1. The third-order valence-electron chi connectivity index (χ3n) is 5.89. The molecule has 3 amide bonds. The summed E-state index contributed by atoms with van der Waals surface area (Å²) in [7, 11) is 3.07. The molecule has 1 N–H and O–H groups in total. The average molecular weight is 408 g/mol. The average Bonchev–Trinajstić information content (AvgIpc) is 3.04. The lowest BCUT2D eigenvalue weighted by atomic mass is 9.81. The molecule has 0 radical (unpaired) electrons. The molecule has 2 atom stereocenters. The van der Waals surface area contributed by atoms with Gasteiger partial charge in [-0.15, -0.1) is 0 Å². The van der Waals surface area contributed by atoms with Crippen LogP contribution in [0.5, 0.6) is 11.5 Å². The van der Waals surface area contributed by atoms with Crippen LogP contribution in [0.1, 0.15) is 36.0 Å². The third kappa shape index (κ3) is 3.51. The smallest absolute Gasteiger partial charge is 0.255 e. The fraction of sp³-hybridized carbons (Fsp3) is 0.348. The second-order valence-electron chi connectivity index (χ2n) is 7.58. The van der Waals surface area contributed by atoms with Crippen LogP contribution < -0.4 is 19.7 Å². The van der Waals surface area contributed by atoms with Crippen molar-refractivity contribution in [3.63, 3.8) is 0 Å². The summed E-state index contributed by atoms with van der Waals surface area (Å²) in [5.41, 5.74) is 1.44. The second-order valence-corrected chi connectivity index (χ2v) is 7.58. The van der Waals surface area contributed by atoms with E-state index >= 15 is 0 Å². The fourth-order valence-electron chi connectivity index (χ4n) is 4.27. The summed E-state index contributed by atoms with van der Waals surface area (Å²) in [5, 5.41) is 2.81. The van der Waals surface area contributed by atoms with E-state index in [9.17, 15) is 14.4 Å². The maximum atomic E-state index is 12.7. The molecule has 2 fully saturated rings. The number of imide groups is 1. The minimum Gasteiger partial charge on any atom is -0.497 e. The molecule has 7 heteroatoms. The molecule has 0 spiro atoms. The van der Waals surface area contributed by atoms with Crippen molar-refractivity contribution in [3.8, 4) is 11.5 Å². The first-order chi connectivity index (χ1) is 14.5. The Morgan fingerprint density at radius 2 is 1.57 bits per heavy atom. The van der Waals surface area contributed by atoms with Crippen molar-refractivity contribution in [2.75, 3.05) is 24.4 Å². The second kappa shape index (κ2) is 8.18. The van der Waals surface area contributed by atoms with Gasteiger partial charge in [0.2, 0.25) is 11.8 Å². The normalized spacial score (nSPS) is 20.7. The molecule has 2 aromatic rings. The Morgan fingerprint density at radius 1 is 0.933 bits per heavy atom. The van der Waals surface area contributed by atoms with E-state index in [1.807, 2.05) is 0 Å². The number of hydrogen-bond acceptors (Lipinski definition) is 5. The minimum atomic E-state index is -0.322. The van der Waals surface area contributed by atoms with E-state index in [2.05, 4.69) is 5.32 Å². The molecule has 2 aromatic carbocycles. The van der Waals surface area contributed by atoms with Crippen LogP contribution in [0.15, 0.2) is 42.5 Å². The maximum absolute atomic E-state index is 12.7. The first kappa shape index (κ1) is 19.9. The maximum Gasteiger partial charge on any atom is 0.255 e. The van der Waals surface area contributed by atoms with Crippen LogP contribution in [0, 0.1) is 11.8 Å². The Labute approximate surface area is 175 Å². The van der Waals surface area contributed by atoms with Crippen LogP contribution in [-0.4, -0.2) is 31.9 Å². The Bertz CT molecular complexity index is 962. The molecule has 1 saturated carbocycles. The van der Waals surface area contributed by atoms with Crippen LogP contribution >= 0.6 is 0 Å². The molecule has 1 aliphatic carbocycles. The Morgan fingerprint density at radius 3 is 2.13 bits per heavy atom. The van der Waals surface area contributed by atoms with E-state index in [4.69, 9.17) is 9.47 Å². The van der Waals surface area contributed by atoms with Gasteiger partial charge in [-0.25, -0.2) is 0 Å². The number of amides is 3. The molecule has 1 saturated heterocycles. The SMILES string of the molecule is COc1ccc(NC(=O)c2ccc(N3C(=O)[C@@H]4CCCC[C@H]4C3=O)cc2)c(OC)c1. The minimum absolute atomic E-state index is 0.120. The number of hydrogen-bond donors (Lipinski definition) is 1. The van der Waals surface area contributed by atoms with Gasteiger partial charge in [-0.1, -0.05) is 12.8 Å². The third-order valence-corrected chi connectivity index (χ3v) is 5.89. The quantitative estimate of drug-likeness (QED) is 0.764. The lowest BCUT2D eigenvalue weighted by molar-refractivity contribution is -0.122. The van der Waals surface area contributed by atoms with E-state index in [1.165, 1.54) is 12.0 Å². The van der Waals surface area contributed by atoms with Gasteiger partial charge in [-0.05, 0) is 49.2 Å². The summed E-state index contributed by atoms with van der Waals surface area (Å²) in [4.78, 5) is 39.4. The number of carbonyl (C=O) groups is 3. The molecule has 4 rings (SSSR count). The van der Waals surface area contributed by atoms with Gasteiger partial charge in [0.25, 0.3) is 5.91 Å². The Hall–Kier alpha value is -3.35. The van der Waals surface area contributed by atoms with Crippen LogP contribution in [0.3, 0.4) is 0 Å². The van der Waals surface area contributed by atoms with E-state index in [0.29, 0.717) is 28.4 Å². The fourth-order valence-corrected chi connectivity index (χ4v) is 4.27. The molecule has 156 valence electrons. The highest BCUT2D eigenvalue weighted by molar-refractivity contribution is 6.22. The van der Waals surface area contributed by atoms with Crippen molar-refractivity contribution in [2.45, 2.75) is 25.7 Å². The van der Waals surface area contributed by atoms with Crippen LogP contribution in [0.4, 0.5) is 11.4 Å². The predicted octanol–water partition coefficient (Wildman–Crippen LogP) is 3.64. The van der Waals surface area contributed by atoms with Crippen LogP contribution in [0.25, 0.3) is 0 Å². The van der Waals surface area contributed by atoms with Crippen molar-refractivity contribution >= 4 is 29.1 Å². The molecule has 30 heavy (non-hydrogen) atoms. The van der Waals surface area contributed by atoms with Crippen LogP contribution in [0.2, 0.25) is 0 Å². The van der Waals surface area contributed by atoms with Crippen molar-refractivity contribution in [1.29, 1.82) is 0 Å². The van der Waals surface area contributed by atoms with Gasteiger partial charge in [0.05, 0.1) is 37.4 Å². The number of nitrogens with zero attached hydrogens (tertiary/aromatic N) is 1. The van der Waals surface area contributed by atoms with Crippen molar-refractivity contribution in [1.82, 2.24) is 0 Å². The van der Waals surface area contributed by atoms with Gasteiger partial charge in [0.1, 0.15) is 11.5 Å². The number of rotatable bonds is 5. The zero-order valence-corrected chi connectivity index (χ0v) is 17.0. The highest BCUT2D eigenvalue weighted by Crippen LogP contribution is 2.40. The largest absolute Gasteiger partial charge is 0.497 e. The zero-order chi connectivity index (χ0) is 21.3. The van der Waals surface area contributed by atoms with Gasteiger partial charge in [0.15, 0.2) is 0 Å². The van der Waals surface area contributed by atoms with Gasteiger partial charge in [-0.2, -0.15) is 0 Å². The lowest BCUT2D eigenvalue weighted by Crippen LogP contribution is -2.30. The van der Waals surface area contributed by atoms with E-state index in [-0.39, 0.29) is 29.6 Å². The summed E-state index contributed by atoms with van der Waals surface area (Å²) in [5.74, 6) is 0.144. The van der Waals surface area contributed by atoms with Crippen molar-refractivity contribution in [2.24, 2.45) is 11.8 Å². The standard InChI is InChI=1S/C23H24N2O5/c1-29-16-11-12-19(20(13-16)30-2)24-21(26)14-7-9-15(10-8-14)25-22(27)17-5-3-4-6-18(17)23(25)28/h7-13,17-18H,3-6H2,1-2H3,(H,24,26)/t17-,18-/m1/s1. The molecule has 1 aliphatic heterocycles. The summed E-state index contributed by atoms with van der Waals surface area (Å²) < 4.78 is 10.5. The number of ether oxygens (including phenoxy) is 2. The van der Waals surface area contributed by atoms with Gasteiger partial charge < -0.3 is 14.8 Å². The highest BCUT2D eigenvalue weighted by atomic mass is 16.5. The zero-order valence-electron chi connectivity index (χ0n) is 17.0. The van der Waals surface area contributed by atoms with E-state index < -0.39 is 0 Å². The summed E-state index contributed by atoms with van der Waals surface area (Å²) >= 11 is 0.